The largest absolute Gasteiger partial charge is 0.490 e. The summed E-state index contributed by atoms with van der Waals surface area (Å²) in [4.78, 5) is 10.6. The van der Waals surface area contributed by atoms with Crippen LogP contribution in [0.5, 0.6) is 0 Å². The molecule has 0 aliphatic heterocycles. The van der Waals surface area contributed by atoms with Gasteiger partial charge in [-0.15, -0.1) is 6.58 Å². The lowest BCUT2D eigenvalue weighted by Gasteiger charge is -2.09. The van der Waals surface area contributed by atoms with E-state index >= 15 is 0 Å². The lowest BCUT2D eigenvalue weighted by molar-refractivity contribution is -0.133. The molecule has 0 unspecified atom stereocenters. The van der Waals surface area contributed by atoms with Crippen LogP contribution in [0.1, 0.15) is 33.1 Å². The Hall–Kier alpha value is -0.613. The van der Waals surface area contributed by atoms with Gasteiger partial charge in [0.15, 0.2) is 0 Å². The van der Waals surface area contributed by atoms with Crippen molar-refractivity contribution in [2.45, 2.75) is 33.1 Å². The van der Waals surface area contributed by atoms with Crippen molar-refractivity contribution in [1.29, 1.82) is 0 Å². The molecule has 0 aromatic carbocycles. The van der Waals surface area contributed by atoms with E-state index < -0.39 is 9.28 Å². The zero-order valence-electron chi connectivity index (χ0n) is 8.34. The van der Waals surface area contributed by atoms with E-state index in [0.29, 0.717) is 6.61 Å². The van der Waals surface area contributed by atoms with Gasteiger partial charge in [0, 0.05) is 13.5 Å². The fourth-order valence-electron chi connectivity index (χ4n) is 0.797. The Bertz CT molecular complexity index is 159. The van der Waals surface area contributed by atoms with Crippen molar-refractivity contribution in [2.24, 2.45) is 0 Å². The summed E-state index contributed by atoms with van der Waals surface area (Å²) < 4.78 is 10.2. The highest BCUT2D eigenvalue weighted by Gasteiger charge is 2.13. The van der Waals surface area contributed by atoms with Crippen molar-refractivity contribution in [2.75, 3.05) is 6.61 Å². The Morgan fingerprint density at radius 3 is 2.69 bits per heavy atom. The van der Waals surface area contributed by atoms with Gasteiger partial charge in [0.25, 0.3) is 5.97 Å². The monoisotopic (exact) mass is 201 g/mol. The average Bonchev–Trinajstić information content (AvgIpc) is 2.09. The van der Waals surface area contributed by atoms with Crippen LogP contribution >= 0.6 is 0 Å². The lowest BCUT2D eigenvalue weighted by atomic mass is 10.3. The molecule has 4 heteroatoms. The Kier molecular flexibility index (Phi) is 7.63. The van der Waals surface area contributed by atoms with Crippen LogP contribution in [0, 0.1) is 0 Å². The SMILES string of the molecule is C=C[Si](OCCCCC)OC(C)=O. The first-order valence-electron chi connectivity index (χ1n) is 4.51. The summed E-state index contributed by atoms with van der Waals surface area (Å²) in [6.07, 6.45) is 3.32. The molecule has 0 saturated carbocycles. The third kappa shape index (κ3) is 7.74. The molecule has 0 aromatic heterocycles. The van der Waals surface area contributed by atoms with Crippen LogP contribution in [-0.4, -0.2) is 21.9 Å². The van der Waals surface area contributed by atoms with E-state index in [0.717, 1.165) is 19.3 Å². The van der Waals surface area contributed by atoms with Crippen LogP contribution in [0.3, 0.4) is 0 Å². The van der Waals surface area contributed by atoms with Gasteiger partial charge in [0.1, 0.15) is 0 Å². The van der Waals surface area contributed by atoms with Gasteiger partial charge >= 0.3 is 9.28 Å². The highest BCUT2D eigenvalue weighted by molar-refractivity contribution is 6.52. The van der Waals surface area contributed by atoms with Crippen molar-refractivity contribution >= 4 is 15.3 Å². The molecule has 0 amide bonds. The Morgan fingerprint density at radius 2 is 2.23 bits per heavy atom. The van der Waals surface area contributed by atoms with E-state index in [4.69, 9.17) is 8.85 Å². The van der Waals surface area contributed by atoms with Crippen molar-refractivity contribution in [3.05, 3.63) is 12.3 Å². The maximum Gasteiger partial charge on any atom is 0.490 e. The summed E-state index contributed by atoms with van der Waals surface area (Å²) in [6.45, 7) is 7.72. The van der Waals surface area contributed by atoms with Crippen molar-refractivity contribution in [3.8, 4) is 0 Å². The van der Waals surface area contributed by atoms with E-state index in [1.54, 1.807) is 5.70 Å². The minimum absolute atomic E-state index is 0.302. The van der Waals surface area contributed by atoms with Gasteiger partial charge in [0.05, 0.1) is 0 Å². The van der Waals surface area contributed by atoms with Gasteiger partial charge in [-0.05, 0) is 12.1 Å². The summed E-state index contributed by atoms with van der Waals surface area (Å²) in [6, 6.07) is 0. The number of carbonyl (C=O) groups excluding carboxylic acids is 1. The predicted octanol–water partition coefficient (Wildman–Crippen LogP) is 1.97. The molecule has 0 spiro atoms. The van der Waals surface area contributed by atoms with E-state index in [2.05, 4.69) is 13.5 Å². The fourth-order valence-corrected chi connectivity index (χ4v) is 1.69. The smallest absolute Gasteiger partial charge is 0.489 e. The predicted molar refractivity (Wildman–Crippen MR) is 53.2 cm³/mol. The number of rotatable bonds is 7. The molecule has 3 nitrogen and oxygen atoms in total. The van der Waals surface area contributed by atoms with Crippen LogP contribution in [0.2, 0.25) is 0 Å². The number of carbonyl (C=O) groups is 1. The Labute approximate surface area is 81.6 Å². The summed E-state index contributed by atoms with van der Waals surface area (Å²) in [7, 11) is -1.55. The van der Waals surface area contributed by atoms with Crippen molar-refractivity contribution < 1.29 is 13.6 Å². The van der Waals surface area contributed by atoms with Gasteiger partial charge in [0.2, 0.25) is 0 Å². The van der Waals surface area contributed by atoms with Gasteiger partial charge in [-0.25, -0.2) is 0 Å². The fraction of sp³-hybridized carbons (Fsp3) is 0.667. The average molecular weight is 201 g/mol. The second-order valence-electron chi connectivity index (χ2n) is 2.67. The van der Waals surface area contributed by atoms with Gasteiger partial charge in [-0.3, -0.25) is 4.79 Å². The van der Waals surface area contributed by atoms with Gasteiger partial charge in [-0.2, -0.15) is 0 Å². The lowest BCUT2D eigenvalue weighted by Crippen LogP contribution is -2.23. The van der Waals surface area contributed by atoms with Crippen molar-refractivity contribution in [3.63, 3.8) is 0 Å². The molecule has 0 aromatic rings. The Balaban J connectivity index is 3.48. The van der Waals surface area contributed by atoms with E-state index in [9.17, 15) is 4.79 Å². The molecule has 0 atom stereocenters. The number of hydrogen-bond donors (Lipinski definition) is 0. The second kappa shape index (κ2) is 8.01. The van der Waals surface area contributed by atoms with E-state index in [-0.39, 0.29) is 5.97 Å². The zero-order valence-corrected chi connectivity index (χ0v) is 9.34. The van der Waals surface area contributed by atoms with E-state index in [1.165, 1.54) is 6.92 Å². The van der Waals surface area contributed by atoms with Crippen LogP contribution in [0.4, 0.5) is 0 Å². The summed E-state index contributed by atoms with van der Waals surface area (Å²) in [5.74, 6) is -0.302. The summed E-state index contributed by atoms with van der Waals surface area (Å²) in [5, 5.41) is 0. The van der Waals surface area contributed by atoms with Crippen LogP contribution < -0.4 is 0 Å². The first-order valence-corrected chi connectivity index (χ1v) is 5.90. The molecule has 0 bridgehead atoms. The van der Waals surface area contributed by atoms with Gasteiger partial charge < -0.3 is 8.85 Å². The van der Waals surface area contributed by atoms with Crippen LogP contribution in [0.15, 0.2) is 12.3 Å². The summed E-state index contributed by atoms with van der Waals surface area (Å²) >= 11 is 0. The molecule has 0 N–H and O–H groups in total. The second-order valence-corrected chi connectivity index (χ2v) is 4.21. The van der Waals surface area contributed by atoms with Crippen molar-refractivity contribution in [1.82, 2.24) is 0 Å². The molecular weight excluding hydrogens is 184 g/mol. The molecule has 0 fully saturated rings. The molecule has 0 aliphatic rings. The molecule has 0 rings (SSSR count). The topological polar surface area (TPSA) is 35.5 Å². The summed E-state index contributed by atoms with van der Waals surface area (Å²) in [5.41, 5.74) is 1.58. The normalized spacial score (nSPS) is 10.1. The quantitative estimate of drug-likeness (QED) is 0.466. The Morgan fingerprint density at radius 1 is 1.54 bits per heavy atom. The van der Waals surface area contributed by atoms with Crippen LogP contribution in [-0.2, 0) is 13.6 Å². The third-order valence-corrected chi connectivity index (χ3v) is 2.71. The zero-order chi connectivity index (χ0) is 10.1. The first-order chi connectivity index (χ1) is 6.20. The first kappa shape index (κ1) is 12.4. The van der Waals surface area contributed by atoms with E-state index in [1.807, 2.05) is 0 Å². The number of unbranched alkanes of at least 4 members (excludes halogenated alkanes) is 2. The molecule has 1 radical (unpaired) electrons. The highest BCUT2D eigenvalue weighted by atomic mass is 28.3. The minimum Gasteiger partial charge on any atom is -0.489 e. The van der Waals surface area contributed by atoms with Gasteiger partial charge in [-0.1, -0.05) is 19.8 Å². The maximum atomic E-state index is 10.6. The number of hydrogen-bond acceptors (Lipinski definition) is 3. The third-order valence-electron chi connectivity index (χ3n) is 1.40. The minimum atomic E-state index is -1.55. The molecule has 0 heterocycles. The van der Waals surface area contributed by atoms with Crippen LogP contribution in [0.25, 0.3) is 0 Å². The highest BCUT2D eigenvalue weighted by Crippen LogP contribution is 1.98. The molecule has 0 aliphatic carbocycles. The molecule has 13 heavy (non-hydrogen) atoms. The molecule has 75 valence electrons. The molecular formula is C9H17O3Si. The molecule has 0 saturated heterocycles. The standard InChI is InChI=1S/C9H17O3Si/c1-4-6-7-8-11-13(5-2)12-9(3)10/h5H,2,4,6-8H2,1,3H3. The maximum absolute atomic E-state index is 10.6.